The molecule has 1 aliphatic heterocycles. The van der Waals surface area contributed by atoms with Crippen LogP contribution < -0.4 is 10.6 Å². The molecule has 0 radical (unpaired) electrons. The van der Waals surface area contributed by atoms with Gasteiger partial charge >= 0.3 is 0 Å². The summed E-state index contributed by atoms with van der Waals surface area (Å²) in [6.07, 6.45) is 54.7. The van der Waals surface area contributed by atoms with Crippen LogP contribution in [0.1, 0.15) is 121 Å². The minimum absolute atomic E-state index is 0.424. The van der Waals surface area contributed by atoms with Crippen molar-refractivity contribution in [1.29, 1.82) is 0 Å². The third-order valence-corrected chi connectivity index (χ3v) is 15.4. The number of benzene rings is 1. The predicted molar refractivity (Wildman–Crippen MR) is 235 cm³/mol. The molecule has 0 saturated heterocycles. The molecule has 57 heavy (non-hydrogen) atoms. The number of allylic oxidation sites excluding steroid dienone is 18. The van der Waals surface area contributed by atoms with Gasteiger partial charge in [0.15, 0.2) is 0 Å². The molecule has 10 rings (SSSR count). The second-order valence-electron chi connectivity index (χ2n) is 18.7. The molecule has 3 heteroatoms. The Morgan fingerprint density at radius 1 is 0.667 bits per heavy atom. The van der Waals surface area contributed by atoms with E-state index in [0.717, 1.165) is 31.6 Å². The Bertz CT molecular complexity index is 2010. The number of hydrogen-bond acceptors (Lipinski definition) is 3. The van der Waals surface area contributed by atoms with Crippen molar-refractivity contribution in [3.05, 3.63) is 166 Å². The molecular formula is C54H64N2O. The molecule has 0 amide bonds. The number of hydrogen-bond donors (Lipinski definition) is 2. The average Bonchev–Trinajstić information content (AvgIpc) is 3.67. The largest absolute Gasteiger partial charge is 0.461 e. The Balaban J connectivity index is 0.791. The second kappa shape index (κ2) is 16.9. The fourth-order valence-corrected chi connectivity index (χ4v) is 12.3. The van der Waals surface area contributed by atoms with Crippen molar-refractivity contribution >= 4 is 0 Å². The van der Waals surface area contributed by atoms with E-state index in [1.165, 1.54) is 118 Å². The maximum absolute atomic E-state index is 6.60. The van der Waals surface area contributed by atoms with Crippen LogP contribution >= 0.6 is 0 Å². The van der Waals surface area contributed by atoms with Crippen LogP contribution in [-0.4, -0.2) is 6.04 Å². The zero-order valence-electron chi connectivity index (χ0n) is 34.1. The highest BCUT2D eigenvalue weighted by Gasteiger charge is 2.39. The van der Waals surface area contributed by atoms with E-state index in [0.29, 0.717) is 47.5 Å². The van der Waals surface area contributed by atoms with Crippen molar-refractivity contribution in [1.82, 2.24) is 10.6 Å². The zero-order chi connectivity index (χ0) is 38.0. The highest BCUT2D eigenvalue weighted by molar-refractivity contribution is 5.41. The van der Waals surface area contributed by atoms with E-state index in [4.69, 9.17) is 4.74 Å². The molecule has 8 aliphatic carbocycles. The number of rotatable bonds is 9. The van der Waals surface area contributed by atoms with Crippen molar-refractivity contribution < 1.29 is 4.74 Å². The maximum Gasteiger partial charge on any atom is 0.126 e. The van der Waals surface area contributed by atoms with E-state index in [2.05, 4.69) is 126 Å². The molecule has 2 N–H and O–H groups in total. The molecule has 9 aliphatic rings. The normalized spacial score (nSPS) is 34.8. The van der Waals surface area contributed by atoms with Gasteiger partial charge in [-0.15, -0.1) is 0 Å². The van der Waals surface area contributed by atoms with Gasteiger partial charge in [0.2, 0.25) is 0 Å². The van der Waals surface area contributed by atoms with E-state index in [1.807, 2.05) is 0 Å². The first-order valence-corrected chi connectivity index (χ1v) is 23.1. The SMILES string of the molecule is C1=CCC(C2CCC(C3CC=C(C4CCC=CC4NC4=CCC(C5=C6OC7=C(CCC=C7)C6CCC5)CC4)CC3)C=C2NC2=CC=CC(c3ccccc3)C2)C=C1. The summed E-state index contributed by atoms with van der Waals surface area (Å²) in [7, 11) is 0. The molecular weight excluding hydrogens is 693 g/mol. The first-order valence-electron chi connectivity index (χ1n) is 23.1. The highest BCUT2D eigenvalue weighted by atomic mass is 16.5. The maximum atomic E-state index is 6.60. The summed E-state index contributed by atoms with van der Waals surface area (Å²) in [6, 6.07) is 11.5. The third kappa shape index (κ3) is 7.98. The van der Waals surface area contributed by atoms with Crippen molar-refractivity contribution in [2.45, 2.75) is 121 Å². The molecule has 3 nitrogen and oxygen atoms in total. The van der Waals surface area contributed by atoms with Gasteiger partial charge in [-0.25, -0.2) is 0 Å². The molecule has 9 atom stereocenters. The number of fused-ring (bicyclic) bond motifs is 2. The van der Waals surface area contributed by atoms with Gasteiger partial charge in [0.1, 0.15) is 11.5 Å². The van der Waals surface area contributed by atoms with Crippen LogP contribution in [-0.2, 0) is 4.74 Å². The van der Waals surface area contributed by atoms with E-state index in [-0.39, 0.29) is 0 Å². The summed E-state index contributed by atoms with van der Waals surface area (Å²) in [6.45, 7) is 0. The molecule has 0 aromatic heterocycles. The van der Waals surface area contributed by atoms with Crippen LogP contribution in [0.15, 0.2) is 161 Å². The van der Waals surface area contributed by atoms with Crippen LogP contribution in [0, 0.1) is 41.4 Å². The quantitative estimate of drug-likeness (QED) is 0.246. The molecule has 1 aromatic rings. The van der Waals surface area contributed by atoms with Gasteiger partial charge < -0.3 is 15.4 Å². The zero-order valence-corrected chi connectivity index (χ0v) is 34.1. The Morgan fingerprint density at radius 2 is 1.63 bits per heavy atom. The van der Waals surface area contributed by atoms with Gasteiger partial charge in [-0.1, -0.05) is 109 Å². The average molecular weight is 757 g/mol. The smallest absolute Gasteiger partial charge is 0.126 e. The Hall–Kier alpha value is -4.24. The first-order chi connectivity index (χ1) is 28.2. The predicted octanol–water partition coefficient (Wildman–Crippen LogP) is 13.3. The van der Waals surface area contributed by atoms with Crippen LogP contribution in [0.4, 0.5) is 0 Å². The van der Waals surface area contributed by atoms with Gasteiger partial charge in [0.25, 0.3) is 0 Å². The standard InChI is InChI=1S/C54H64N2O/c1-3-13-37(14-4-1)42-17-11-18-45(35-42)56-52-36-43(31-34-47(52)39-15-5-2-6-16-39)38-25-27-40(28-26-38)46-19-7-9-23-51(46)55-44-32-29-41(30-33-44)48-21-12-22-50-49-20-8-10-24-53(49)57-54(48)50/h1-6,9-11,13-15,17-18,23-24,27,32,36,38-39,41-43,46-47,50-51,55-56H,7-8,12,16,19-22,25-26,28-31,33-35H2. The van der Waals surface area contributed by atoms with Gasteiger partial charge in [-0.2, -0.15) is 0 Å². The lowest BCUT2D eigenvalue weighted by Crippen LogP contribution is -2.38. The Kier molecular flexibility index (Phi) is 11.0. The van der Waals surface area contributed by atoms with Crippen LogP contribution in [0.5, 0.6) is 0 Å². The molecule has 0 fully saturated rings. The fraction of sp³-hybridized carbons (Fsp3) is 0.481. The molecule has 0 spiro atoms. The summed E-state index contributed by atoms with van der Waals surface area (Å²) in [5, 5.41) is 8.20. The van der Waals surface area contributed by atoms with Crippen LogP contribution in [0.3, 0.4) is 0 Å². The van der Waals surface area contributed by atoms with E-state index < -0.39 is 0 Å². The van der Waals surface area contributed by atoms with E-state index in [9.17, 15) is 0 Å². The number of nitrogens with one attached hydrogen (secondary N) is 2. The molecule has 1 heterocycles. The number of ether oxygens (including phenoxy) is 1. The molecule has 0 bridgehead atoms. The van der Waals surface area contributed by atoms with Crippen LogP contribution in [0.25, 0.3) is 0 Å². The van der Waals surface area contributed by atoms with Crippen molar-refractivity contribution in [3.63, 3.8) is 0 Å². The summed E-state index contributed by atoms with van der Waals surface area (Å²) in [5.74, 6) is 7.36. The topological polar surface area (TPSA) is 33.3 Å². The van der Waals surface area contributed by atoms with Gasteiger partial charge in [0, 0.05) is 40.8 Å². The molecule has 9 unspecified atom stereocenters. The molecule has 1 aromatic carbocycles. The van der Waals surface area contributed by atoms with E-state index >= 15 is 0 Å². The van der Waals surface area contributed by atoms with Crippen LogP contribution in [0.2, 0.25) is 0 Å². The van der Waals surface area contributed by atoms with E-state index in [1.54, 1.807) is 16.7 Å². The fourth-order valence-electron chi connectivity index (χ4n) is 12.3. The summed E-state index contributed by atoms with van der Waals surface area (Å²) in [4.78, 5) is 0. The Labute approximate surface area is 343 Å². The monoisotopic (exact) mass is 757 g/mol. The lowest BCUT2D eigenvalue weighted by molar-refractivity contribution is 0.269. The minimum Gasteiger partial charge on any atom is -0.461 e. The first kappa shape index (κ1) is 37.1. The Morgan fingerprint density at radius 3 is 2.49 bits per heavy atom. The second-order valence-corrected chi connectivity index (χ2v) is 18.7. The van der Waals surface area contributed by atoms with Gasteiger partial charge in [-0.05, 0) is 162 Å². The van der Waals surface area contributed by atoms with Crippen molar-refractivity contribution in [3.8, 4) is 0 Å². The lowest BCUT2D eigenvalue weighted by Gasteiger charge is -2.40. The summed E-state index contributed by atoms with van der Waals surface area (Å²) < 4.78 is 6.60. The van der Waals surface area contributed by atoms with Gasteiger partial charge in [-0.3, -0.25) is 0 Å². The molecule has 296 valence electrons. The highest BCUT2D eigenvalue weighted by Crippen LogP contribution is 2.50. The third-order valence-electron chi connectivity index (χ3n) is 15.4. The molecule has 0 saturated carbocycles. The minimum atomic E-state index is 0.424. The van der Waals surface area contributed by atoms with Gasteiger partial charge in [0.05, 0.1) is 6.04 Å². The summed E-state index contributed by atoms with van der Waals surface area (Å²) >= 11 is 0. The van der Waals surface area contributed by atoms with Crippen molar-refractivity contribution in [2.75, 3.05) is 0 Å². The lowest BCUT2D eigenvalue weighted by atomic mass is 9.69. The van der Waals surface area contributed by atoms with Crippen molar-refractivity contribution in [2.24, 2.45) is 41.4 Å². The summed E-state index contributed by atoms with van der Waals surface area (Å²) in [5.41, 5.74) is 10.7.